The first-order valence-electron chi connectivity index (χ1n) is 19.9. The lowest BCUT2D eigenvalue weighted by molar-refractivity contribution is -0.354. The van der Waals surface area contributed by atoms with Crippen LogP contribution in [0, 0.1) is 10.8 Å². The molecule has 0 spiro atoms. The molecule has 14 nitrogen and oxygen atoms in total. The van der Waals surface area contributed by atoms with Crippen LogP contribution >= 0.6 is 0 Å². The van der Waals surface area contributed by atoms with Gasteiger partial charge in [-0.2, -0.15) is 0 Å². The number of nitrogens with one attached hydrogen (secondary N) is 1. The van der Waals surface area contributed by atoms with E-state index in [1.165, 1.54) is 6.92 Å². The van der Waals surface area contributed by atoms with Gasteiger partial charge in [-0.1, -0.05) is 91.0 Å². The fraction of sp³-hybridized carbons (Fsp3) is 0.533. The molecule has 2 aliphatic rings. The van der Waals surface area contributed by atoms with E-state index in [-0.39, 0.29) is 26.4 Å². The lowest BCUT2D eigenvalue weighted by Gasteiger charge is -2.49. The van der Waals surface area contributed by atoms with Gasteiger partial charge in [-0.3, -0.25) is 14.4 Å². The highest BCUT2D eigenvalue weighted by molar-refractivity contribution is 5.76. The van der Waals surface area contributed by atoms with Gasteiger partial charge in [0.2, 0.25) is 5.91 Å². The maximum absolute atomic E-state index is 13.3. The SMILES string of the molecule is CC(=O)N[C@H]1[C@H](O[C@@H]2[C@@H](OCc3ccccc3)[C@@H](O)O[C@H](COCc3ccccc3)[C@@H]2OCc2ccccc2)O[C@H](COC(=O)C(C)(C)C)[C@H](OC(=O)C(C)(C)C)[C@@H]1O. The highest BCUT2D eigenvalue weighted by atomic mass is 16.7. The normalized spacial score (nSPS) is 27.4. The highest BCUT2D eigenvalue weighted by Crippen LogP contribution is 2.34. The Morgan fingerprint density at radius 1 is 0.627 bits per heavy atom. The summed E-state index contributed by atoms with van der Waals surface area (Å²) in [5, 5.41) is 26.4. The van der Waals surface area contributed by atoms with Crippen LogP contribution in [0.4, 0.5) is 0 Å². The van der Waals surface area contributed by atoms with E-state index in [9.17, 15) is 24.6 Å². The number of rotatable bonds is 16. The van der Waals surface area contributed by atoms with Gasteiger partial charge in [-0.15, -0.1) is 0 Å². The molecule has 2 heterocycles. The molecule has 0 radical (unpaired) electrons. The van der Waals surface area contributed by atoms with Gasteiger partial charge in [0.1, 0.15) is 49.3 Å². The van der Waals surface area contributed by atoms with Crippen LogP contribution in [0.5, 0.6) is 0 Å². The van der Waals surface area contributed by atoms with Crippen LogP contribution in [-0.2, 0) is 72.1 Å². The van der Waals surface area contributed by atoms with Crippen molar-refractivity contribution in [1.82, 2.24) is 5.32 Å². The van der Waals surface area contributed by atoms with Crippen molar-refractivity contribution >= 4 is 17.8 Å². The van der Waals surface area contributed by atoms with Crippen LogP contribution in [0.3, 0.4) is 0 Å². The fourth-order valence-electron chi connectivity index (χ4n) is 6.50. The molecule has 10 atom stereocenters. The molecule has 322 valence electrons. The molecule has 3 N–H and O–H groups in total. The molecule has 1 amide bonds. The molecule has 0 bridgehead atoms. The largest absolute Gasteiger partial charge is 0.462 e. The van der Waals surface area contributed by atoms with Crippen LogP contribution < -0.4 is 5.32 Å². The number of amides is 1. The van der Waals surface area contributed by atoms with Crippen LogP contribution in [0.1, 0.15) is 65.2 Å². The number of ether oxygens (including phenoxy) is 8. The van der Waals surface area contributed by atoms with Gasteiger partial charge in [-0.25, -0.2) is 0 Å². The van der Waals surface area contributed by atoms with Gasteiger partial charge < -0.3 is 53.4 Å². The number of carbonyl (C=O) groups is 3. The van der Waals surface area contributed by atoms with Crippen LogP contribution in [0.25, 0.3) is 0 Å². The summed E-state index contributed by atoms with van der Waals surface area (Å²) in [4.78, 5) is 39.0. The zero-order valence-electron chi connectivity index (χ0n) is 34.9. The fourth-order valence-corrected chi connectivity index (χ4v) is 6.50. The lowest BCUT2D eigenvalue weighted by Crippen LogP contribution is -2.68. The number of benzene rings is 3. The molecule has 59 heavy (non-hydrogen) atoms. The van der Waals surface area contributed by atoms with Gasteiger partial charge in [0.15, 0.2) is 18.7 Å². The Hall–Kier alpha value is -4.25. The minimum atomic E-state index is -1.62. The standard InChI is InChI=1S/C45H59NO13/c1-28(47)46-34-35(48)36(59-43(51)45(5,6)7)33(27-55-42(50)44(2,3)4)57-41(34)58-38-37(53-24-30-19-13-9-14-20-30)32(26-52-23-29-17-11-8-12-18-29)56-40(49)39(38)54-25-31-21-15-10-16-22-31/h8-22,32-41,48-49H,23-27H2,1-7H3,(H,46,47)/t32-,33-,34-,35-,36+,37+,38+,39-,40+,41+/m1/s1. The van der Waals surface area contributed by atoms with Crippen molar-refractivity contribution in [2.75, 3.05) is 13.2 Å². The van der Waals surface area contributed by atoms with Crippen LogP contribution in [0.15, 0.2) is 91.0 Å². The second-order valence-electron chi connectivity index (χ2n) is 16.9. The van der Waals surface area contributed by atoms with Crippen molar-refractivity contribution in [3.8, 4) is 0 Å². The Balaban J connectivity index is 1.52. The molecular formula is C45H59NO13. The molecule has 0 saturated carbocycles. The van der Waals surface area contributed by atoms with Crippen molar-refractivity contribution in [3.63, 3.8) is 0 Å². The van der Waals surface area contributed by atoms with E-state index in [0.717, 1.165) is 16.7 Å². The summed E-state index contributed by atoms with van der Waals surface area (Å²) < 4.78 is 50.0. The van der Waals surface area contributed by atoms with Gasteiger partial charge in [0.05, 0.1) is 37.3 Å². The Kier molecular flexibility index (Phi) is 16.2. The maximum Gasteiger partial charge on any atom is 0.311 e. The zero-order chi connectivity index (χ0) is 42.7. The maximum atomic E-state index is 13.3. The summed E-state index contributed by atoms with van der Waals surface area (Å²) in [5.74, 6) is -1.77. The molecule has 0 aromatic heterocycles. The monoisotopic (exact) mass is 821 g/mol. The summed E-state index contributed by atoms with van der Waals surface area (Å²) >= 11 is 0. The zero-order valence-corrected chi connectivity index (χ0v) is 34.9. The number of aliphatic hydroxyl groups is 2. The summed E-state index contributed by atoms with van der Waals surface area (Å²) in [7, 11) is 0. The molecule has 14 heteroatoms. The Labute approximate surface area is 346 Å². The number of carbonyl (C=O) groups excluding carboxylic acids is 3. The molecule has 3 aromatic rings. The van der Waals surface area contributed by atoms with Crippen molar-refractivity contribution in [1.29, 1.82) is 0 Å². The molecule has 5 rings (SSSR count). The Morgan fingerprint density at radius 3 is 1.63 bits per heavy atom. The van der Waals surface area contributed by atoms with E-state index in [1.807, 2.05) is 91.0 Å². The summed E-state index contributed by atoms with van der Waals surface area (Å²) in [6, 6.07) is 27.0. The predicted octanol–water partition coefficient (Wildman–Crippen LogP) is 4.61. The highest BCUT2D eigenvalue weighted by Gasteiger charge is 2.54. The number of hydrogen-bond acceptors (Lipinski definition) is 13. The summed E-state index contributed by atoms with van der Waals surface area (Å²) in [5.41, 5.74) is 0.698. The second-order valence-corrected chi connectivity index (χ2v) is 16.9. The molecule has 0 unspecified atom stereocenters. The number of esters is 2. The minimum absolute atomic E-state index is 0.0316. The van der Waals surface area contributed by atoms with Crippen molar-refractivity contribution in [2.45, 2.75) is 130 Å². The number of hydrogen-bond donors (Lipinski definition) is 3. The molecule has 2 saturated heterocycles. The predicted molar refractivity (Wildman–Crippen MR) is 214 cm³/mol. The van der Waals surface area contributed by atoms with Crippen LogP contribution in [-0.4, -0.2) is 103 Å². The van der Waals surface area contributed by atoms with E-state index in [1.54, 1.807) is 41.5 Å². The van der Waals surface area contributed by atoms with Crippen molar-refractivity contribution in [3.05, 3.63) is 108 Å². The summed E-state index contributed by atoms with van der Waals surface area (Å²) in [6.07, 6.45) is -11.7. The number of aliphatic hydroxyl groups excluding tert-OH is 2. The third kappa shape index (κ3) is 13.1. The van der Waals surface area contributed by atoms with Crippen molar-refractivity contribution in [2.24, 2.45) is 10.8 Å². The second kappa shape index (κ2) is 20.8. The quantitative estimate of drug-likeness (QED) is 0.171. The summed E-state index contributed by atoms with van der Waals surface area (Å²) in [6.45, 7) is 11.2. The smallest absolute Gasteiger partial charge is 0.311 e. The first-order valence-corrected chi connectivity index (χ1v) is 19.9. The third-order valence-electron chi connectivity index (χ3n) is 9.75. The van der Waals surface area contributed by atoms with E-state index < -0.39 is 96.6 Å². The van der Waals surface area contributed by atoms with E-state index in [4.69, 9.17) is 37.9 Å². The molecule has 2 aliphatic heterocycles. The Bertz CT molecular complexity index is 1770. The molecular weight excluding hydrogens is 762 g/mol. The van der Waals surface area contributed by atoms with Crippen LogP contribution in [0.2, 0.25) is 0 Å². The first-order chi connectivity index (χ1) is 28.0. The van der Waals surface area contributed by atoms with E-state index >= 15 is 0 Å². The molecule has 2 fully saturated rings. The first kappa shape index (κ1) is 45.8. The van der Waals surface area contributed by atoms with Gasteiger partial charge >= 0.3 is 11.9 Å². The lowest BCUT2D eigenvalue weighted by atomic mass is 9.93. The van der Waals surface area contributed by atoms with E-state index in [2.05, 4.69) is 5.32 Å². The van der Waals surface area contributed by atoms with Gasteiger partial charge in [-0.05, 0) is 58.2 Å². The van der Waals surface area contributed by atoms with Gasteiger partial charge in [0, 0.05) is 6.92 Å². The average molecular weight is 822 g/mol. The van der Waals surface area contributed by atoms with Gasteiger partial charge in [0.25, 0.3) is 0 Å². The third-order valence-corrected chi connectivity index (χ3v) is 9.75. The Morgan fingerprint density at radius 2 is 1.12 bits per heavy atom. The van der Waals surface area contributed by atoms with Crippen molar-refractivity contribution < 1.29 is 62.5 Å². The van der Waals surface area contributed by atoms with E-state index in [0.29, 0.717) is 0 Å². The average Bonchev–Trinajstić information content (AvgIpc) is 3.19. The molecule has 3 aromatic carbocycles. The topological polar surface area (TPSA) is 178 Å². The molecule has 0 aliphatic carbocycles. The minimum Gasteiger partial charge on any atom is -0.462 e.